The van der Waals surface area contributed by atoms with Gasteiger partial charge in [-0.25, -0.2) is 13.1 Å². The zero-order valence-corrected chi connectivity index (χ0v) is 13.3. The van der Waals surface area contributed by atoms with Crippen molar-refractivity contribution >= 4 is 36.5 Å². The van der Waals surface area contributed by atoms with Crippen LogP contribution in [-0.2, 0) is 10.0 Å². The Labute approximate surface area is 122 Å². The molecule has 1 aliphatic heterocycles. The number of nitrogens with one attached hydrogen (secondary N) is 1. The van der Waals surface area contributed by atoms with E-state index in [2.05, 4.69) is 20.7 Å². The van der Waals surface area contributed by atoms with E-state index in [0.29, 0.717) is 12.8 Å². The van der Waals surface area contributed by atoms with Gasteiger partial charge in [-0.1, -0.05) is 15.9 Å². The van der Waals surface area contributed by atoms with E-state index in [-0.39, 0.29) is 22.4 Å². The molecule has 1 saturated heterocycles. The van der Waals surface area contributed by atoms with Crippen LogP contribution < -0.4 is 4.72 Å². The normalized spacial score (nSPS) is 22.1. The molecule has 1 heterocycles. The maximum atomic E-state index is 12.1. The van der Waals surface area contributed by atoms with Crippen molar-refractivity contribution in [3.63, 3.8) is 0 Å². The molecule has 108 valence electrons. The van der Waals surface area contributed by atoms with Crippen molar-refractivity contribution in [1.29, 1.82) is 0 Å². The number of sulfonamides is 1. The average Bonchev–Trinajstić information content (AvgIpc) is 2.32. The third-order valence-electron chi connectivity index (χ3n) is 3.03. The van der Waals surface area contributed by atoms with Crippen LogP contribution in [-0.4, -0.2) is 35.1 Å². The van der Waals surface area contributed by atoms with Crippen LogP contribution in [0.15, 0.2) is 33.6 Å². The van der Waals surface area contributed by atoms with Crippen molar-refractivity contribution in [2.24, 2.45) is 0 Å². The Hall–Kier alpha value is -0.120. The lowest BCUT2D eigenvalue weighted by Crippen LogP contribution is -2.39. The van der Waals surface area contributed by atoms with Crippen LogP contribution in [0.5, 0.6) is 0 Å². The SMILES string of the molecule is O=S(=O)(NC1CCS(O)(O)CC1)c1ccc(Br)cc1. The first-order valence-corrected chi connectivity index (χ1v) is 9.96. The highest BCUT2D eigenvalue weighted by Gasteiger charge is 2.27. The lowest BCUT2D eigenvalue weighted by molar-refractivity contribution is 0.444. The second kappa shape index (κ2) is 5.71. The van der Waals surface area contributed by atoms with E-state index in [1.54, 1.807) is 12.1 Å². The summed E-state index contributed by atoms with van der Waals surface area (Å²) in [7, 11) is -6.02. The highest BCUT2D eigenvalue weighted by atomic mass is 79.9. The summed E-state index contributed by atoms with van der Waals surface area (Å²) in [6.07, 6.45) is 0.913. The van der Waals surface area contributed by atoms with Gasteiger partial charge in [0.25, 0.3) is 0 Å². The average molecular weight is 370 g/mol. The van der Waals surface area contributed by atoms with Crippen LogP contribution in [0, 0.1) is 0 Å². The zero-order chi connectivity index (χ0) is 14.1. The van der Waals surface area contributed by atoms with E-state index in [1.165, 1.54) is 12.1 Å². The molecule has 0 atom stereocenters. The number of hydrogen-bond acceptors (Lipinski definition) is 4. The molecular formula is C11H16BrNO4S2. The Balaban J connectivity index is 2.04. The molecule has 2 rings (SSSR count). The highest BCUT2D eigenvalue weighted by molar-refractivity contribution is 9.10. The molecule has 0 radical (unpaired) electrons. The second-order valence-corrected chi connectivity index (χ2v) is 9.61. The number of hydrogen-bond donors (Lipinski definition) is 3. The van der Waals surface area contributed by atoms with E-state index < -0.39 is 20.6 Å². The molecule has 1 aromatic carbocycles. The van der Waals surface area contributed by atoms with Gasteiger partial charge in [-0.2, -0.15) is 10.6 Å². The predicted molar refractivity (Wildman–Crippen MR) is 80.1 cm³/mol. The summed E-state index contributed by atoms with van der Waals surface area (Å²) in [6, 6.07) is 6.18. The van der Waals surface area contributed by atoms with Crippen molar-refractivity contribution in [1.82, 2.24) is 4.72 Å². The Morgan fingerprint density at radius 3 is 2.21 bits per heavy atom. The lowest BCUT2D eigenvalue weighted by atomic mass is 10.2. The second-order valence-electron chi connectivity index (χ2n) is 4.56. The quantitative estimate of drug-likeness (QED) is 0.764. The van der Waals surface area contributed by atoms with Gasteiger partial charge in [0.1, 0.15) is 0 Å². The van der Waals surface area contributed by atoms with Crippen LogP contribution in [0.1, 0.15) is 12.8 Å². The molecule has 0 aliphatic carbocycles. The smallest absolute Gasteiger partial charge is 0.240 e. The van der Waals surface area contributed by atoms with E-state index in [0.717, 1.165) is 4.47 Å². The Kier molecular flexibility index (Phi) is 4.59. The molecule has 0 spiro atoms. The highest BCUT2D eigenvalue weighted by Crippen LogP contribution is 2.44. The molecule has 8 heteroatoms. The first-order valence-electron chi connectivity index (χ1n) is 5.80. The molecule has 3 N–H and O–H groups in total. The fourth-order valence-corrected chi connectivity index (χ4v) is 5.02. The summed E-state index contributed by atoms with van der Waals surface area (Å²) in [5.41, 5.74) is 0. The molecule has 0 saturated carbocycles. The summed E-state index contributed by atoms with van der Waals surface area (Å²) < 4.78 is 46.7. The van der Waals surface area contributed by atoms with Gasteiger partial charge in [0, 0.05) is 22.0 Å². The van der Waals surface area contributed by atoms with Crippen molar-refractivity contribution in [2.45, 2.75) is 23.8 Å². The lowest BCUT2D eigenvalue weighted by Gasteiger charge is -2.39. The van der Waals surface area contributed by atoms with Crippen LogP contribution >= 0.6 is 26.5 Å². The molecule has 0 bridgehead atoms. The van der Waals surface area contributed by atoms with E-state index in [1.807, 2.05) is 0 Å². The molecule has 1 aromatic rings. The van der Waals surface area contributed by atoms with Crippen LogP contribution in [0.4, 0.5) is 0 Å². The topological polar surface area (TPSA) is 86.6 Å². The first kappa shape index (κ1) is 15.3. The van der Waals surface area contributed by atoms with E-state index in [4.69, 9.17) is 0 Å². The fraction of sp³-hybridized carbons (Fsp3) is 0.455. The summed E-state index contributed by atoms with van der Waals surface area (Å²) in [5.74, 6) is 0.529. The Bertz CT molecular complexity index is 534. The predicted octanol–water partition coefficient (Wildman–Crippen LogP) is 2.64. The minimum absolute atomic E-state index is 0.216. The van der Waals surface area contributed by atoms with Crippen LogP contribution in [0.2, 0.25) is 0 Å². The van der Waals surface area contributed by atoms with Crippen LogP contribution in [0.3, 0.4) is 0 Å². The number of halogens is 1. The minimum Gasteiger partial charge on any atom is -0.299 e. The van der Waals surface area contributed by atoms with Gasteiger partial charge in [0.15, 0.2) is 0 Å². The largest absolute Gasteiger partial charge is 0.299 e. The molecule has 5 nitrogen and oxygen atoms in total. The van der Waals surface area contributed by atoms with Gasteiger partial charge in [0.2, 0.25) is 10.0 Å². The molecule has 0 aromatic heterocycles. The third-order valence-corrected chi connectivity index (χ3v) is 6.88. The van der Waals surface area contributed by atoms with Gasteiger partial charge in [-0.3, -0.25) is 9.11 Å². The fourth-order valence-electron chi connectivity index (χ4n) is 1.93. The number of benzene rings is 1. The van der Waals surface area contributed by atoms with Gasteiger partial charge in [0.05, 0.1) is 4.90 Å². The van der Waals surface area contributed by atoms with Crippen molar-refractivity contribution in [3.8, 4) is 0 Å². The van der Waals surface area contributed by atoms with E-state index >= 15 is 0 Å². The number of rotatable bonds is 3. The molecule has 0 amide bonds. The molecule has 0 unspecified atom stereocenters. The summed E-state index contributed by atoms with van der Waals surface area (Å²) in [4.78, 5) is 0.216. The maximum Gasteiger partial charge on any atom is 0.240 e. The zero-order valence-electron chi connectivity index (χ0n) is 10.1. The van der Waals surface area contributed by atoms with Gasteiger partial charge < -0.3 is 0 Å². The van der Waals surface area contributed by atoms with Crippen molar-refractivity contribution in [3.05, 3.63) is 28.7 Å². The monoisotopic (exact) mass is 369 g/mol. The van der Waals surface area contributed by atoms with Gasteiger partial charge in [-0.15, -0.1) is 0 Å². The molecule has 1 aliphatic rings. The molecular weight excluding hydrogens is 354 g/mol. The Morgan fingerprint density at radius 2 is 1.68 bits per heavy atom. The standard InChI is InChI=1S/C11H16BrNO4S2/c12-9-1-3-11(4-2-9)19(16,17)13-10-5-7-18(14,15)8-6-10/h1-4,10,13-15H,5-8H2. The third kappa shape index (κ3) is 4.17. The van der Waals surface area contributed by atoms with Crippen molar-refractivity contribution < 1.29 is 17.5 Å². The minimum atomic E-state index is -3.54. The summed E-state index contributed by atoms with van der Waals surface area (Å²) in [6.45, 7) is 0. The van der Waals surface area contributed by atoms with E-state index in [9.17, 15) is 17.5 Å². The summed E-state index contributed by atoms with van der Waals surface area (Å²) >= 11 is 3.26. The maximum absolute atomic E-state index is 12.1. The first-order chi connectivity index (χ1) is 8.78. The van der Waals surface area contributed by atoms with Crippen molar-refractivity contribution in [2.75, 3.05) is 11.5 Å². The van der Waals surface area contributed by atoms with Crippen LogP contribution in [0.25, 0.3) is 0 Å². The molecule has 1 fully saturated rings. The Morgan fingerprint density at radius 1 is 1.16 bits per heavy atom. The van der Waals surface area contributed by atoms with Gasteiger partial charge >= 0.3 is 0 Å². The van der Waals surface area contributed by atoms with Gasteiger partial charge in [-0.05, 0) is 37.1 Å². The molecule has 19 heavy (non-hydrogen) atoms. The summed E-state index contributed by atoms with van der Waals surface area (Å²) in [5, 5.41) is 0.